The van der Waals surface area contributed by atoms with Crippen LogP contribution in [0.5, 0.6) is 10.9 Å². The van der Waals surface area contributed by atoms with Crippen LogP contribution in [-0.4, -0.2) is 46.2 Å². The van der Waals surface area contributed by atoms with Crippen molar-refractivity contribution < 1.29 is 9.53 Å². The van der Waals surface area contributed by atoms with Crippen LogP contribution in [-0.2, 0) is 0 Å². The molecule has 0 spiro atoms. The van der Waals surface area contributed by atoms with Gasteiger partial charge in [-0.05, 0) is 74.4 Å². The smallest absolute Gasteiger partial charge is 0.300 e. The first kappa shape index (κ1) is 16.9. The van der Waals surface area contributed by atoms with Crippen LogP contribution in [0.25, 0.3) is 0 Å². The Bertz CT molecular complexity index is 834. The van der Waals surface area contributed by atoms with E-state index < -0.39 is 0 Å². The summed E-state index contributed by atoms with van der Waals surface area (Å²) in [6, 6.07) is 9.45. The molecule has 3 saturated heterocycles. The van der Waals surface area contributed by atoms with Crippen LogP contribution in [0.3, 0.4) is 0 Å². The van der Waals surface area contributed by atoms with E-state index in [1.54, 1.807) is 24.3 Å². The summed E-state index contributed by atoms with van der Waals surface area (Å²) in [6.45, 7) is 4.48. The van der Waals surface area contributed by atoms with Crippen LogP contribution in [0.2, 0.25) is 0 Å². The van der Waals surface area contributed by atoms with Gasteiger partial charge >= 0.3 is 5.19 Å². The van der Waals surface area contributed by atoms with Gasteiger partial charge in [0.25, 0.3) is 5.91 Å². The van der Waals surface area contributed by atoms with Gasteiger partial charge in [0.1, 0.15) is 11.8 Å². The number of fused-ring (bicyclic) bond motifs is 3. The molecular weight excluding hydrogens is 350 g/mol. The van der Waals surface area contributed by atoms with Crippen LogP contribution in [0.4, 0.5) is 0 Å². The minimum absolute atomic E-state index is 0.0511. The zero-order valence-corrected chi connectivity index (χ0v) is 15.2. The average molecular weight is 369 g/mol. The van der Waals surface area contributed by atoms with E-state index in [9.17, 15) is 4.79 Å². The lowest BCUT2D eigenvalue weighted by Crippen LogP contribution is -2.62. The van der Waals surface area contributed by atoms with Gasteiger partial charge in [-0.2, -0.15) is 5.26 Å². The van der Waals surface area contributed by atoms with Crippen molar-refractivity contribution in [3.05, 3.63) is 34.8 Å². The number of carbonyl (C=O) groups is 1. The Morgan fingerprint density at radius 3 is 2.65 bits per heavy atom. The second-order valence-corrected chi connectivity index (χ2v) is 7.66. The predicted octanol–water partition coefficient (Wildman–Crippen LogP) is 2.41. The van der Waals surface area contributed by atoms with E-state index in [0.29, 0.717) is 28.5 Å². The number of hydrogen-bond acceptors (Lipinski definition) is 7. The van der Waals surface area contributed by atoms with E-state index >= 15 is 0 Å². The highest BCUT2D eigenvalue weighted by atomic mass is 32.1. The molecule has 5 rings (SSSR count). The average Bonchev–Trinajstić information content (AvgIpc) is 3.13. The first-order valence-corrected chi connectivity index (χ1v) is 9.52. The molecule has 3 aliphatic rings. The Kier molecular flexibility index (Phi) is 4.57. The second-order valence-electron chi connectivity index (χ2n) is 6.72. The van der Waals surface area contributed by atoms with E-state index in [-0.39, 0.29) is 17.0 Å². The van der Waals surface area contributed by atoms with Crippen LogP contribution in [0, 0.1) is 17.2 Å². The van der Waals surface area contributed by atoms with Crippen LogP contribution >= 0.6 is 11.3 Å². The third-order valence-electron chi connectivity index (χ3n) is 5.30. The molecule has 2 aromatic rings. The van der Waals surface area contributed by atoms with Crippen molar-refractivity contribution in [3.63, 3.8) is 0 Å². The van der Waals surface area contributed by atoms with Gasteiger partial charge in [0.05, 0.1) is 0 Å². The topological polar surface area (TPSA) is 91.1 Å². The minimum atomic E-state index is -0.0511. The Morgan fingerprint density at radius 2 is 2.04 bits per heavy atom. The van der Waals surface area contributed by atoms with E-state index in [1.807, 2.05) is 6.07 Å². The van der Waals surface area contributed by atoms with E-state index in [2.05, 4.69) is 27.3 Å². The molecule has 8 heteroatoms. The lowest BCUT2D eigenvalue weighted by Gasteiger charge is -2.49. The fourth-order valence-corrected chi connectivity index (χ4v) is 4.36. The number of nitrogens with zero attached hydrogens (tertiary/aromatic N) is 4. The number of hydrogen-bond donors (Lipinski definition) is 1. The number of amides is 1. The summed E-state index contributed by atoms with van der Waals surface area (Å²) in [4.78, 5) is 15.1. The van der Waals surface area contributed by atoms with Crippen molar-refractivity contribution in [2.45, 2.75) is 31.8 Å². The Hall–Kier alpha value is -2.50. The molecule has 3 aliphatic heterocycles. The molecule has 26 heavy (non-hydrogen) atoms. The number of nitriles is 1. The number of aromatic nitrogens is 2. The highest BCUT2D eigenvalue weighted by molar-refractivity contribution is 7.13. The predicted molar refractivity (Wildman–Crippen MR) is 96.2 cm³/mol. The van der Waals surface area contributed by atoms with E-state index in [1.165, 1.54) is 0 Å². The molecule has 1 N–H and O–H groups in total. The number of nitrogens with one attached hydrogen (secondary N) is 1. The molecule has 0 saturated carbocycles. The Labute approximate surface area is 155 Å². The van der Waals surface area contributed by atoms with Gasteiger partial charge < -0.3 is 10.1 Å². The van der Waals surface area contributed by atoms with Crippen LogP contribution in [0.1, 0.15) is 35.1 Å². The van der Waals surface area contributed by atoms with Crippen LogP contribution < -0.4 is 10.1 Å². The number of benzene rings is 1. The largest absolute Gasteiger partial charge is 0.430 e. The molecule has 3 fully saturated rings. The third-order valence-corrected chi connectivity index (χ3v) is 6.01. The van der Waals surface area contributed by atoms with Crippen molar-refractivity contribution in [2.75, 3.05) is 13.1 Å². The zero-order valence-electron chi connectivity index (χ0n) is 14.4. The first-order valence-electron chi connectivity index (χ1n) is 8.70. The Balaban J connectivity index is 1.40. The molecule has 2 bridgehead atoms. The third kappa shape index (κ3) is 3.28. The fraction of sp³-hybridized carbons (Fsp3) is 0.444. The summed E-state index contributed by atoms with van der Waals surface area (Å²) in [5, 5.41) is 20.0. The monoisotopic (exact) mass is 369 g/mol. The van der Waals surface area contributed by atoms with Crippen molar-refractivity contribution in [1.29, 1.82) is 5.26 Å². The summed E-state index contributed by atoms with van der Waals surface area (Å²) >= 11 is 1.08. The molecule has 1 aromatic carbocycles. The molecule has 2 unspecified atom stereocenters. The van der Waals surface area contributed by atoms with Crippen molar-refractivity contribution >= 4 is 17.2 Å². The molecule has 4 heterocycles. The minimum Gasteiger partial charge on any atom is -0.430 e. The maximum absolute atomic E-state index is 12.6. The second kappa shape index (κ2) is 7.02. The molecule has 1 amide bonds. The normalized spacial score (nSPS) is 26.9. The quantitative estimate of drug-likeness (QED) is 0.890. The lowest BCUT2D eigenvalue weighted by molar-refractivity contribution is 0.0217. The number of carbonyl (C=O) groups excluding carboxylic acids is 1. The molecule has 0 radical (unpaired) electrons. The van der Waals surface area contributed by atoms with Gasteiger partial charge in [0.15, 0.2) is 0 Å². The van der Waals surface area contributed by atoms with Gasteiger partial charge in [0.2, 0.25) is 5.01 Å². The Morgan fingerprint density at radius 1 is 1.31 bits per heavy atom. The SMILES string of the molecule is CC1C(NC(=O)c2ccc(Oc3nnc(C#N)s3)cc2)C2CCN1CC2. The van der Waals surface area contributed by atoms with Gasteiger partial charge in [-0.3, -0.25) is 9.69 Å². The van der Waals surface area contributed by atoms with Crippen molar-refractivity contribution in [3.8, 4) is 17.0 Å². The van der Waals surface area contributed by atoms with Gasteiger partial charge in [-0.1, -0.05) is 5.10 Å². The standard InChI is InChI=1S/C18H19N5O2S/c1-11-16(12-6-8-23(11)9-7-12)20-17(24)13-2-4-14(5-3-13)25-18-22-21-15(10-19)26-18/h2-5,11-12,16H,6-9H2,1H3,(H,20,24). The zero-order chi connectivity index (χ0) is 18.1. The fourth-order valence-electron chi connectivity index (χ4n) is 3.85. The highest BCUT2D eigenvalue weighted by Crippen LogP contribution is 2.32. The van der Waals surface area contributed by atoms with Gasteiger partial charge in [0, 0.05) is 17.6 Å². The lowest BCUT2D eigenvalue weighted by atomic mass is 9.79. The van der Waals surface area contributed by atoms with Gasteiger partial charge in [-0.25, -0.2) is 0 Å². The summed E-state index contributed by atoms with van der Waals surface area (Å²) in [5.41, 5.74) is 0.607. The molecule has 1 aromatic heterocycles. The number of ether oxygens (including phenoxy) is 1. The van der Waals surface area contributed by atoms with Crippen LogP contribution in [0.15, 0.2) is 24.3 Å². The molecule has 0 aliphatic carbocycles. The van der Waals surface area contributed by atoms with Crippen molar-refractivity contribution in [1.82, 2.24) is 20.4 Å². The molecule has 7 nitrogen and oxygen atoms in total. The summed E-state index contributed by atoms with van der Waals surface area (Å²) in [6.07, 6.45) is 2.32. The number of piperidine rings is 3. The highest BCUT2D eigenvalue weighted by Gasteiger charge is 2.40. The number of rotatable bonds is 4. The summed E-state index contributed by atoms with van der Waals surface area (Å²) < 4.78 is 5.56. The summed E-state index contributed by atoms with van der Waals surface area (Å²) in [7, 11) is 0. The van der Waals surface area contributed by atoms with Gasteiger partial charge in [-0.15, -0.1) is 5.10 Å². The molecule has 2 atom stereocenters. The van der Waals surface area contributed by atoms with Crippen molar-refractivity contribution in [2.24, 2.45) is 5.92 Å². The maximum atomic E-state index is 12.6. The molecule has 134 valence electrons. The first-order chi connectivity index (χ1) is 12.6. The summed E-state index contributed by atoms with van der Waals surface area (Å²) in [5.74, 6) is 1.08. The molecular formula is C18H19N5O2S. The van der Waals surface area contributed by atoms with E-state index in [4.69, 9.17) is 10.00 Å². The van der Waals surface area contributed by atoms with E-state index in [0.717, 1.165) is 37.3 Å². The maximum Gasteiger partial charge on any atom is 0.300 e.